The van der Waals surface area contributed by atoms with Crippen LogP contribution in [0.25, 0.3) is 0 Å². The summed E-state index contributed by atoms with van der Waals surface area (Å²) in [6.45, 7) is 0. The van der Waals surface area contributed by atoms with Crippen molar-refractivity contribution < 1.29 is 19.9 Å². The molecule has 3 rings (SSSR count). The minimum Gasteiger partial charge on any atom is -0.502 e. The van der Waals surface area contributed by atoms with E-state index in [4.69, 9.17) is 0 Å². The highest BCUT2D eigenvalue weighted by atomic mass is 79.9. The number of hydrogen-bond acceptors (Lipinski definition) is 6. The number of benzene rings is 3. The Morgan fingerprint density at radius 1 is 1.07 bits per heavy atom. The predicted molar refractivity (Wildman–Crippen MR) is 114 cm³/mol. The maximum absolute atomic E-state index is 12.9. The van der Waals surface area contributed by atoms with Gasteiger partial charge in [-0.05, 0) is 17.2 Å². The lowest BCUT2D eigenvalue weighted by Gasteiger charge is -2.27. The number of rotatable bonds is 6. The number of phenolic OH excluding ortho intramolecular Hbond substituents is 1. The highest BCUT2D eigenvalue weighted by Crippen LogP contribution is 2.33. The number of hydrogen-bond donors (Lipinski definition) is 3. The van der Waals surface area contributed by atoms with Crippen LogP contribution in [0.15, 0.2) is 82.4 Å². The topological polar surface area (TPSA) is 125 Å². The molecule has 0 aliphatic rings. The number of nitrogens with one attached hydrogen (secondary N) is 1. The van der Waals surface area contributed by atoms with Crippen molar-refractivity contribution in [1.29, 1.82) is 0 Å². The predicted octanol–water partition coefficient (Wildman–Crippen LogP) is 3.45. The second-order valence-electron chi connectivity index (χ2n) is 6.26. The van der Waals surface area contributed by atoms with E-state index in [1.54, 1.807) is 60.7 Å². The van der Waals surface area contributed by atoms with E-state index in [2.05, 4.69) is 26.5 Å². The third-order valence-corrected chi connectivity index (χ3v) is 4.82. The number of carbonyl (C=O) groups excluding carboxylic acids is 1. The van der Waals surface area contributed by atoms with Gasteiger partial charge in [-0.25, -0.2) is 5.43 Å². The van der Waals surface area contributed by atoms with E-state index >= 15 is 0 Å². The molecule has 0 saturated heterocycles. The number of nitrogens with zero attached hydrogens (tertiary/aromatic N) is 2. The molecule has 0 fully saturated rings. The largest absolute Gasteiger partial charge is 0.502 e. The molecule has 0 heterocycles. The number of aliphatic hydroxyl groups is 1. The lowest BCUT2D eigenvalue weighted by molar-refractivity contribution is -0.385. The number of carbonyl (C=O) groups is 1. The van der Waals surface area contributed by atoms with E-state index in [1.165, 1.54) is 6.07 Å². The van der Waals surface area contributed by atoms with Gasteiger partial charge in [0.25, 0.3) is 5.91 Å². The second-order valence-corrected chi connectivity index (χ2v) is 7.18. The molecular formula is C21H16BrN3O5. The smallest absolute Gasteiger partial charge is 0.312 e. The van der Waals surface area contributed by atoms with E-state index in [-0.39, 0.29) is 5.56 Å². The van der Waals surface area contributed by atoms with Crippen molar-refractivity contribution >= 4 is 33.7 Å². The molecule has 0 saturated carbocycles. The fourth-order valence-corrected chi connectivity index (χ4v) is 3.34. The van der Waals surface area contributed by atoms with Crippen molar-refractivity contribution in [3.8, 4) is 5.75 Å². The molecule has 1 amide bonds. The van der Waals surface area contributed by atoms with Crippen LogP contribution in [-0.2, 0) is 10.4 Å². The molecule has 0 aliphatic carbocycles. The van der Waals surface area contributed by atoms with Crippen LogP contribution in [0.4, 0.5) is 5.69 Å². The average molecular weight is 470 g/mol. The van der Waals surface area contributed by atoms with Crippen LogP contribution >= 0.6 is 15.9 Å². The summed E-state index contributed by atoms with van der Waals surface area (Å²) in [5, 5.41) is 36.2. The van der Waals surface area contributed by atoms with Crippen LogP contribution in [0.1, 0.15) is 16.7 Å². The number of nitro groups is 1. The van der Waals surface area contributed by atoms with Crippen LogP contribution in [0.2, 0.25) is 0 Å². The lowest BCUT2D eigenvalue weighted by atomic mass is 9.85. The molecule has 3 aromatic carbocycles. The Labute approximate surface area is 179 Å². The quantitative estimate of drug-likeness (QED) is 0.289. The highest BCUT2D eigenvalue weighted by Gasteiger charge is 2.39. The minimum absolute atomic E-state index is 0.0133. The Hall–Kier alpha value is -3.56. The molecule has 3 aromatic rings. The fraction of sp³-hybridized carbons (Fsp3) is 0.0476. The Morgan fingerprint density at radius 2 is 1.60 bits per heavy atom. The highest BCUT2D eigenvalue weighted by molar-refractivity contribution is 9.10. The Balaban J connectivity index is 1.92. The number of amides is 1. The van der Waals surface area contributed by atoms with E-state index < -0.39 is 27.9 Å². The van der Waals surface area contributed by atoms with Crippen LogP contribution in [0, 0.1) is 10.1 Å². The van der Waals surface area contributed by atoms with Gasteiger partial charge in [-0.2, -0.15) is 5.10 Å². The van der Waals surface area contributed by atoms with Gasteiger partial charge in [-0.15, -0.1) is 0 Å². The van der Waals surface area contributed by atoms with E-state index in [0.29, 0.717) is 15.6 Å². The molecule has 152 valence electrons. The zero-order valence-electron chi connectivity index (χ0n) is 15.4. The monoisotopic (exact) mass is 469 g/mol. The van der Waals surface area contributed by atoms with E-state index in [9.17, 15) is 25.1 Å². The number of phenols is 1. The summed E-state index contributed by atoms with van der Waals surface area (Å²) in [5.41, 5.74) is 0.403. The first kappa shape index (κ1) is 21.2. The zero-order chi connectivity index (χ0) is 21.7. The molecule has 0 aliphatic heterocycles. The molecule has 0 atom stereocenters. The van der Waals surface area contributed by atoms with Crippen molar-refractivity contribution in [3.63, 3.8) is 0 Å². The van der Waals surface area contributed by atoms with Crippen molar-refractivity contribution in [3.05, 3.63) is 104 Å². The molecule has 30 heavy (non-hydrogen) atoms. The van der Waals surface area contributed by atoms with Crippen LogP contribution < -0.4 is 5.43 Å². The van der Waals surface area contributed by atoms with Gasteiger partial charge in [0, 0.05) is 16.1 Å². The summed E-state index contributed by atoms with van der Waals surface area (Å²) < 4.78 is 0.352. The summed E-state index contributed by atoms with van der Waals surface area (Å²) in [5.74, 6) is -1.43. The Morgan fingerprint density at radius 3 is 2.10 bits per heavy atom. The average Bonchev–Trinajstić information content (AvgIpc) is 2.76. The van der Waals surface area contributed by atoms with Gasteiger partial charge in [-0.3, -0.25) is 14.9 Å². The van der Waals surface area contributed by atoms with Crippen LogP contribution in [-0.4, -0.2) is 27.3 Å². The van der Waals surface area contributed by atoms with Crippen LogP contribution in [0.5, 0.6) is 5.75 Å². The zero-order valence-corrected chi connectivity index (χ0v) is 17.0. The molecule has 0 bridgehead atoms. The SMILES string of the molecule is O=C(N/N=C\c1cc(Br)cc([N+](=O)[O-])c1O)C(O)(c1ccccc1)c1ccccc1. The summed E-state index contributed by atoms with van der Waals surface area (Å²) in [7, 11) is 0. The first-order chi connectivity index (χ1) is 14.3. The standard InChI is InChI=1S/C21H16BrN3O5/c22-17-11-14(19(26)18(12-17)25(29)30)13-23-24-20(27)21(28,15-7-3-1-4-8-15)16-9-5-2-6-10-16/h1-13,26,28H,(H,24,27)/b23-13-. The summed E-state index contributed by atoms with van der Waals surface area (Å²) >= 11 is 3.12. The first-order valence-corrected chi connectivity index (χ1v) is 9.47. The van der Waals surface area contributed by atoms with Crippen molar-refractivity contribution in [1.82, 2.24) is 5.43 Å². The third-order valence-electron chi connectivity index (χ3n) is 4.36. The molecular weight excluding hydrogens is 454 g/mol. The molecule has 0 radical (unpaired) electrons. The summed E-state index contributed by atoms with van der Waals surface area (Å²) in [6, 6.07) is 19.3. The summed E-state index contributed by atoms with van der Waals surface area (Å²) in [4.78, 5) is 23.2. The number of aromatic hydroxyl groups is 1. The number of nitro benzene ring substituents is 1. The molecule has 8 nitrogen and oxygen atoms in total. The van der Waals surface area contributed by atoms with Crippen molar-refractivity contribution in [2.24, 2.45) is 5.10 Å². The molecule has 9 heteroatoms. The molecule has 0 spiro atoms. The van der Waals surface area contributed by atoms with E-state index in [1.807, 2.05) is 0 Å². The molecule has 0 unspecified atom stereocenters. The maximum Gasteiger partial charge on any atom is 0.312 e. The first-order valence-electron chi connectivity index (χ1n) is 8.68. The van der Waals surface area contributed by atoms with Crippen molar-refractivity contribution in [2.45, 2.75) is 5.60 Å². The van der Waals surface area contributed by atoms with Gasteiger partial charge >= 0.3 is 5.69 Å². The molecule has 3 N–H and O–H groups in total. The summed E-state index contributed by atoms with van der Waals surface area (Å²) in [6.07, 6.45) is 1.06. The van der Waals surface area contributed by atoms with Crippen LogP contribution in [0.3, 0.4) is 0 Å². The van der Waals surface area contributed by atoms with Gasteiger partial charge < -0.3 is 10.2 Å². The minimum atomic E-state index is -2.02. The maximum atomic E-state index is 12.9. The molecule has 0 aromatic heterocycles. The van der Waals surface area contributed by atoms with Gasteiger partial charge in [0.2, 0.25) is 5.75 Å². The van der Waals surface area contributed by atoms with E-state index in [0.717, 1.165) is 12.3 Å². The Bertz CT molecular complexity index is 1060. The normalized spacial score (nSPS) is 11.4. The third kappa shape index (κ3) is 4.22. The van der Waals surface area contributed by atoms with Crippen molar-refractivity contribution in [2.75, 3.05) is 0 Å². The van der Waals surface area contributed by atoms with Gasteiger partial charge in [-0.1, -0.05) is 76.6 Å². The Kier molecular flexibility index (Phi) is 6.24. The second kappa shape index (κ2) is 8.85. The van der Waals surface area contributed by atoms with Gasteiger partial charge in [0.1, 0.15) is 0 Å². The fourth-order valence-electron chi connectivity index (χ4n) is 2.87. The van der Waals surface area contributed by atoms with Gasteiger partial charge in [0.05, 0.1) is 11.1 Å². The lowest BCUT2D eigenvalue weighted by Crippen LogP contribution is -2.43. The van der Waals surface area contributed by atoms with Gasteiger partial charge in [0.15, 0.2) is 5.60 Å². The number of halogens is 1. The number of hydrazone groups is 1.